The lowest BCUT2D eigenvalue weighted by molar-refractivity contribution is -0.115. The molecule has 0 saturated carbocycles. The van der Waals surface area contributed by atoms with Gasteiger partial charge in [0.2, 0.25) is 5.91 Å². The van der Waals surface area contributed by atoms with Crippen LogP contribution in [-0.4, -0.2) is 30.7 Å². The molecule has 9 heteroatoms. The molecule has 4 aromatic rings. The molecule has 0 aliphatic heterocycles. The van der Waals surface area contributed by atoms with Crippen LogP contribution in [0.3, 0.4) is 0 Å². The van der Waals surface area contributed by atoms with Crippen LogP contribution >= 0.6 is 11.8 Å². The topological polar surface area (TPSA) is 89.8 Å². The third kappa shape index (κ3) is 4.83. The standard InChI is InChI=1S/C23H20FN5O2S/c1-2-18(21(30)27-17-10-8-16(24)9-11-17)32-23-28-20-19(25-12-13-26-20)22(31)29(23)14-15-6-4-3-5-7-15/h3-13,18H,2,14H2,1H3,(H,27,30)/t18-/m0/s1. The van der Waals surface area contributed by atoms with Crippen LogP contribution in [0.15, 0.2) is 76.9 Å². The molecule has 1 N–H and O–H groups in total. The Hall–Kier alpha value is -3.59. The highest BCUT2D eigenvalue weighted by Gasteiger charge is 2.23. The number of rotatable bonds is 7. The number of fused-ring (bicyclic) bond motifs is 1. The van der Waals surface area contributed by atoms with E-state index in [0.29, 0.717) is 17.3 Å². The van der Waals surface area contributed by atoms with Crippen molar-refractivity contribution in [1.29, 1.82) is 0 Å². The van der Waals surface area contributed by atoms with Gasteiger partial charge in [0.05, 0.1) is 11.8 Å². The summed E-state index contributed by atoms with van der Waals surface area (Å²) in [6, 6.07) is 15.1. The monoisotopic (exact) mass is 449 g/mol. The molecular formula is C23H20FN5O2S. The fraction of sp³-hybridized carbons (Fsp3) is 0.174. The van der Waals surface area contributed by atoms with Crippen LogP contribution in [-0.2, 0) is 11.3 Å². The average Bonchev–Trinajstić information content (AvgIpc) is 2.82. The Morgan fingerprint density at radius 2 is 1.81 bits per heavy atom. The smallest absolute Gasteiger partial charge is 0.282 e. The van der Waals surface area contributed by atoms with E-state index in [9.17, 15) is 14.0 Å². The summed E-state index contributed by atoms with van der Waals surface area (Å²) in [7, 11) is 0. The SMILES string of the molecule is CC[C@H](Sc1nc2nccnc2c(=O)n1Cc1ccccc1)C(=O)Nc1ccc(F)cc1. The maximum Gasteiger partial charge on any atom is 0.282 e. The molecule has 0 unspecified atom stereocenters. The number of carbonyl (C=O) groups excluding carboxylic acids is 1. The number of halogens is 1. The average molecular weight is 450 g/mol. The number of hydrogen-bond donors (Lipinski definition) is 1. The summed E-state index contributed by atoms with van der Waals surface area (Å²) in [5.41, 5.74) is 1.51. The normalized spacial score (nSPS) is 11.9. The Morgan fingerprint density at radius 3 is 2.53 bits per heavy atom. The predicted molar refractivity (Wildman–Crippen MR) is 122 cm³/mol. The maximum atomic E-state index is 13.2. The molecular weight excluding hydrogens is 429 g/mol. The van der Waals surface area contributed by atoms with Crippen LogP contribution in [0.4, 0.5) is 10.1 Å². The Balaban J connectivity index is 1.68. The van der Waals surface area contributed by atoms with Crippen molar-refractivity contribution in [3.63, 3.8) is 0 Å². The molecule has 1 amide bonds. The van der Waals surface area contributed by atoms with Gasteiger partial charge in [0.25, 0.3) is 5.56 Å². The molecule has 32 heavy (non-hydrogen) atoms. The van der Waals surface area contributed by atoms with Crippen LogP contribution in [0.1, 0.15) is 18.9 Å². The van der Waals surface area contributed by atoms with E-state index in [0.717, 1.165) is 5.56 Å². The third-order valence-corrected chi connectivity index (χ3v) is 6.12. The van der Waals surface area contributed by atoms with Crippen LogP contribution in [0.25, 0.3) is 11.2 Å². The largest absolute Gasteiger partial charge is 0.325 e. The van der Waals surface area contributed by atoms with E-state index in [-0.39, 0.29) is 35.0 Å². The van der Waals surface area contributed by atoms with Crippen molar-refractivity contribution in [2.24, 2.45) is 0 Å². The van der Waals surface area contributed by atoms with Crippen LogP contribution in [0, 0.1) is 5.82 Å². The summed E-state index contributed by atoms with van der Waals surface area (Å²) >= 11 is 1.19. The van der Waals surface area contributed by atoms with Crippen molar-refractivity contribution >= 4 is 34.5 Å². The first-order valence-electron chi connectivity index (χ1n) is 10.0. The zero-order valence-corrected chi connectivity index (χ0v) is 18.1. The van der Waals surface area contributed by atoms with Crippen LogP contribution in [0.2, 0.25) is 0 Å². The van der Waals surface area contributed by atoms with Gasteiger partial charge in [-0.25, -0.2) is 19.3 Å². The summed E-state index contributed by atoms with van der Waals surface area (Å²) in [5, 5.41) is 2.65. The molecule has 2 aromatic carbocycles. The zero-order valence-electron chi connectivity index (χ0n) is 17.2. The number of amides is 1. The lowest BCUT2D eigenvalue weighted by atomic mass is 10.2. The second-order valence-electron chi connectivity index (χ2n) is 7.01. The molecule has 0 saturated heterocycles. The highest BCUT2D eigenvalue weighted by molar-refractivity contribution is 8.00. The molecule has 0 spiro atoms. The number of thioether (sulfide) groups is 1. The van der Waals surface area contributed by atoms with Crippen molar-refractivity contribution in [2.45, 2.75) is 30.3 Å². The number of benzene rings is 2. The number of hydrogen-bond acceptors (Lipinski definition) is 6. The summed E-state index contributed by atoms with van der Waals surface area (Å²) in [5.74, 6) is -0.639. The Kier molecular flexibility index (Phi) is 6.55. The van der Waals surface area contributed by atoms with Gasteiger partial charge in [0.15, 0.2) is 16.3 Å². The van der Waals surface area contributed by atoms with Gasteiger partial charge in [0, 0.05) is 18.1 Å². The summed E-state index contributed by atoms with van der Waals surface area (Å²) in [4.78, 5) is 38.9. The van der Waals surface area contributed by atoms with E-state index in [2.05, 4.69) is 20.3 Å². The molecule has 4 rings (SSSR count). The second-order valence-corrected chi connectivity index (χ2v) is 8.18. The molecule has 0 radical (unpaired) electrons. The number of anilines is 1. The van der Waals surface area contributed by atoms with Gasteiger partial charge in [-0.1, -0.05) is 49.0 Å². The van der Waals surface area contributed by atoms with E-state index in [1.54, 1.807) is 0 Å². The fourth-order valence-electron chi connectivity index (χ4n) is 3.13. The molecule has 2 heterocycles. The minimum atomic E-state index is -0.525. The number of carbonyl (C=O) groups is 1. The van der Waals surface area contributed by atoms with E-state index in [1.807, 2.05) is 37.3 Å². The van der Waals surface area contributed by atoms with E-state index >= 15 is 0 Å². The van der Waals surface area contributed by atoms with Crippen LogP contribution in [0.5, 0.6) is 0 Å². The molecule has 2 aromatic heterocycles. The molecule has 7 nitrogen and oxygen atoms in total. The van der Waals surface area contributed by atoms with E-state index in [4.69, 9.17) is 0 Å². The first-order chi connectivity index (χ1) is 15.5. The highest BCUT2D eigenvalue weighted by Crippen LogP contribution is 2.26. The van der Waals surface area contributed by atoms with Crippen molar-refractivity contribution in [2.75, 3.05) is 5.32 Å². The van der Waals surface area contributed by atoms with Gasteiger partial charge < -0.3 is 5.32 Å². The predicted octanol–water partition coefficient (Wildman–Crippen LogP) is 3.88. The minimum absolute atomic E-state index is 0.177. The lowest BCUT2D eigenvalue weighted by Gasteiger charge is -2.17. The Morgan fingerprint density at radius 1 is 1.09 bits per heavy atom. The molecule has 0 fully saturated rings. The molecule has 1 atom stereocenters. The molecule has 0 bridgehead atoms. The highest BCUT2D eigenvalue weighted by atomic mass is 32.2. The number of nitrogens with zero attached hydrogens (tertiary/aromatic N) is 4. The zero-order chi connectivity index (χ0) is 22.5. The van der Waals surface area contributed by atoms with Crippen molar-refractivity contribution in [3.05, 3.63) is 88.7 Å². The molecule has 162 valence electrons. The second kappa shape index (κ2) is 9.69. The first-order valence-corrected chi connectivity index (χ1v) is 10.9. The lowest BCUT2D eigenvalue weighted by Crippen LogP contribution is -2.29. The summed E-state index contributed by atoms with van der Waals surface area (Å²) in [6.07, 6.45) is 3.43. The minimum Gasteiger partial charge on any atom is -0.325 e. The van der Waals surface area contributed by atoms with Gasteiger partial charge >= 0.3 is 0 Å². The van der Waals surface area contributed by atoms with Gasteiger partial charge in [0.1, 0.15) is 5.82 Å². The number of nitrogens with one attached hydrogen (secondary N) is 1. The van der Waals surface area contributed by atoms with Gasteiger partial charge in [-0.3, -0.25) is 14.2 Å². The maximum absolute atomic E-state index is 13.2. The van der Waals surface area contributed by atoms with E-state index in [1.165, 1.54) is 53.0 Å². The quantitative estimate of drug-likeness (QED) is 0.340. The first kappa shape index (κ1) is 21.6. The van der Waals surface area contributed by atoms with Gasteiger partial charge in [-0.05, 0) is 36.2 Å². The molecule has 0 aliphatic rings. The van der Waals surface area contributed by atoms with Gasteiger partial charge in [-0.15, -0.1) is 0 Å². The molecule has 0 aliphatic carbocycles. The van der Waals surface area contributed by atoms with Gasteiger partial charge in [-0.2, -0.15) is 0 Å². The summed E-state index contributed by atoms with van der Waals surface area (Å²) < 4.78 is 14.7. The Bertz CT molecular complexity index is 1300. The third-order valence-electron chi connectivity index (χ3n) is 4.77. The Labute approximate surface area is 187 Å². The van der Waals surface area contributed by atoms with Crippen molar-refractivity contribution in [1.82, 2.24) is 19.5 Å². The fourth-order valence-corrected chi connectivity index (χ4v) is 4.13. The van der Waals surface area contributed by atoms with E-state index < -0.39 is 5.25 Å². The number of aromatic nitrogens is 4. The van der Waals surface area contributed by atoms with Crippen molar-refractivity contribution in [3.8, 4) is 0 Å². The van der Waals surface area contributed by atoms with Crippen molar-refractivity contribution < 1.29 is 9.18 Å². The summed E-state index contributed by atoms with van der Waals surface area (Å²) in [6.45, 7) is 2.17. The van der Waals surface area contributed by atoms with Crippen LogP contribution < -0.4 is 10.9 Å².